The van der Waals surface area contributed by atoms with Crippen molar-refractivity contribution in [1.82, 2.24) is 19.5 Å². The zero-order valence-corrected chi connectivity index (χ0v) is 13.3. The van der Waals surface area contributed by atoms with Gasteiger partial charge in [-0.25, -0.2) is 9.97 Å². The van der Waals surface area contributed by atoms with Gasteiger partial charge in [-0.2, -0.15) is 4.98 Å². The number of aromatic nitrogens is 4. The number of rotatable bonds is 5. The molecular weight excluding hydrogens is 302 g/mol. The maximum Gasteiger partial charge on any atom is 0.223 e. The van der Waals surface area contributed by atoms with Crippen molar-refractivity contribution in [3.63, 3.8) is 0 Å². The van der Waals surface area contributed by atoms with E-state index in [-0.39, 0.29) is 19.2 Å². The Hall–Kier alpha value is -1.64. The predicted molar refractivity (Wildman–Crippen MR) is 86.2 cm³/mol. The summed E-state index contributed by atoms with van der Waals surface area (Å²) in [5, 5.41) is 19.9. The number of nitrogen functional groups attached to an aromatic ring is 1. The van der Waals surface area contributed by atoms with E-state index in [1.54, 1.807) is 22.7 Å². The molecule has 0 spiro atoms. The number of hydrogen-bond acceptors (Lipinski definition) is 7. The van der Waals surface area contributed by atoms with Gasteiger partial charge >= 0.3 is 0 Å². The number of hydrogen-bond donors (Lipinski definition) is 3. The van der Waals surface area contributed by atoms with Gasteiger partial charge in [-0.05, 0) is 12.0 Å². The summed E-state index contributed by atoms with van der Waals surface area (Å²) in [5.74, 6) is 0.210. The van der Waals surface area contributed by atoms with Crippen LogP contribution in [0.25, 0.3) is 17.4 Å². The number of aliphatic hydroxyl groups is 2. The lowest BCUT2D eigenvalue weighted by atomic mass is 10.1. The molecule has 0 atom stereocenters. The Morgan fingerprint density at radius 1 is 1.41 bits per heavy atom. The van der Waals surface area contributed by atoms with E-state index in [1.165, 1.54) is 0 Å². The summed E-state index contributed by atoms with van der Waals surface area (Å²) in [4.78, 5) is 12.9. The van der Waals surface area contributed by atoms with Gasteiger partial charge in [0.2, 0.25) is 5.95 Å². The Balaban J connectivity index is 2.03. The standard InChI is InChI=1S/C14H19N5O2S/c1-8(2)22-12-10-11(17-13(15)18-12)19(7-16-10)4-9-3-14(9,5-20)6-21/h4,7-8,20-21H,3,5-6H2,1-2H3,(H2,15,17,18)/b9-4-. The largest absolute Gasteiger partial charge is 0.395 e. The first-order valence-electron chi connectivity index (χ1n) is 7.08. The van der Waals surface area contributed by atoms with Crippen molar-refractivity contribution in [3.05, 3.63) is 11.9 Å². The van der Waals surface area contributed by atoms with Crippen LogP contribution in [0.4, 0.5) is 5.95 Å². The minimum Gasteiger partial charge on any atom is -0.395 e. The molecule has 7 nitrogen and oxygen atoms in total. The average Bonchev–Trinajstić information content (AvgIpc) is 3.02. The summed E-state index contributed by atoms with van der Waals surface area (Å²) in [7, 11) is 0. The number of nitrogens with zero attached hydrogens (tertiary/aromatic N) is 4. The summed E-state index contributed by atoms with van der Waals surface area (Å²) in [5.41, 5.74) is 7.64. The molecule has 8 heteroatoms. The van der Waals surface area contributed by atoms with Crippen molar-refractivity contribution in [2.75, 3.05) is 18.9 Å². The predicted octanol–water partition coefficient (Wildman–Crippen LogP) is 1.12. The maximum atomic E-state index is 9.38. The fraction of sp³-hybridized carbons (Fsp3) is 0.500. The summed E-state index contributed by atoms with van der Waals surface area (Å²) in [6.45, 7) is 4.03. The van der Waals surface area contributed by atoms with E-state index in [9.17, 15) is 10.2 Å². The number of thioether (sulfide) groups is 1. The highest BCUT2D eigenvalue weighted by Gasteiger charge is 2.48. The fourth-order valence-electron chi connectivity index (χ4n) is 2.34. The molecule has 118 valence electrons. The van der Waals surface area contributed by atoms with E-state index in [4.69, 9.17) is 5.73 Å². The van der Waals surface area contributed by atoms with Crippen LogP contribution < -0.4 is 5.73 Å². The van der Waals surface area contributed by atoms with Gasteiger partial charge in [-0.15, -0.1) is 11.8 Å². The minimum absolute atomic E-state index is 0.0620. The smallest absolute Gasteiger partial charge is 0.223 e. The average molecular weight is 321 g/mol. The van der Waals surface area contributed by atoms with Gasteiger partial charge in [0.15, 0.2) is 5.65 Å². The van der Waals surface area contributed by atoms with Gasteiger partial charge in [0.25, 0.3) is 0 Å². The van der Waals surface area contributed by atoms with Crippen LogP contribution >= 0.6 is 11.8 Å². The topological polar surface area (TPSA) is 110 Å². The van der Waals surface area contributed by atoms with Gasteiger partial charge in [-0.1, -0.05) is 13.8 Å². The molecule has 0 unspecified atom stereocenters. The number of nitrogens with two attached hydrogens (primary N) is 1. The van der Waals surface area contributed by atoms with Crippen LogP contribution in [0.3, 0.4) is 0 Å². The number of fused-ring (bicyclic) bond motifs is 1. The zero-order chi connectivity index (χ0) is 15.9. The first-order valence-corrected chi connectivity index (χ1v) is 7.96. The van der Waals surface area contributed by atoms with Gasteiger partial charge < -0.3 is 15.9 Å². The molecule has 1 saturated carbocycles. The minimum atomic E-state index is -0.495. The molecule has 1 aliphatic rings. The first-order chi connectivity index (χ1) is 10.5. The molecule has 0 saturated heterocycles. The van der Waals surface area contributed by atoms with E-state index >= 15 is 0 Å². The van der Waals surface area contributed by atoms with E-state index < -0.39 is 5.41 Å². The van der Waals surface area contributed by atoms with Gasteiger partial charge in [0.1, 0.15) is 16.9 Å². The highest BCUT2D eigenvalue weighted by Crippen LogP contribution is 2.51. The van der Waals surface area contributed by atoms with Crippen LogP contribution in [0.15, 0.2) is 16.9 Å². The van der Waals surface area contributed by atoms with E-state index in [0.29, 0.717) is 22.8 Å². The van der Waals surface area contributed by atoms with Gasteiger partial charge in [0.05, 0.1) is 13.2 Å². The first kappa shape index (κ1) is 15.3. The Morgan fingerprint density at radius 2 is 2.14 bits per heavy atom. The van der Waals surface area contributed by atoms with Crippen LogP contribution in [0.5, 0.6) is 0 Å². The van der Waals surface area contributed by atoms with Crippen molar-refractivity contribution in [2.45, 2.75) is 30.5 Å². The molecule has 0 aliphatic heterocycles. The van der Waals surface area contributed by atoms with Crippen molar-refractivity contribution in [2.24, 2.45) is 5.41 Å². The molecule has 2 aromatic rings. The molecule has 22 heavy (non-hydrogen) atoms. The molecule has 4 N–H and O–H groups in total. The maximum absolute atomic E-state index is 9.38. The highest BCUT2D eigenvalue weighted by atomic mass is 32.2. The van der Waals surface area contributed by atoms with Crippen molar-refractivity contribution < 1.29 is 10.2 Å². The number of imidazole rings is 1. The summed E-state index contributed by atoms with van der Waals surface area (Å²) < 4.78 is 1.78. The van der Waals surface area contributed by atoms with Crippen LogP contribution in [0, 0.1) is 5.41 Å². The van der Waals surface area contributed by atoms with Crippen molar-refractivity contribution in [3.8, 4) is 0 Å². The molecule has 3 rings (SSSR count). The Kier molecular flexibility index (Phi) is 3.84. The van der Waals surface area contributed by atoms with Crippen LogP contribution in [0.2, 0.25) is 0 Å². The van der Waals surface area contributed by atoms with Crippen LogP contribution in [0.1, 0.15) is 20.3 Å². The molecular formula is C14H19N5O2S. The summed E-state index contributed by atoms with van der Waals surface area (Å²) >= 11 is 1.59. The number of anilines is 1. The van der Waals surface area contributed by atoms with Crippen molar-refractivity contribution in [1.29, 1.82) is 0 Å². The lowest BCUT2D eigenvalue weighted by Crippen LogP contribution is -2.12. The fourth-order valence-corrected chi connectivity index (χ4v) is 3.19. The Bertz CT molecular complexity index is 736. The van der Waals surface area contributed by atoms with Crippen LogP contribution in [-0.2, 0) is 0 Å². The molecule has 0 radical (unpaired) electrons. The molecule has 0 amide bonds. The summed E-state index contributed by atoms with van der Waals surface area (Å²) in [6.07, 6.45) is 4.19. The van der Waals surface area contributed by atoms with Gasteiger partial charge in [-0.3, -0.25) is 4.57 Å². The Labute approximate surface area is 132 Å². The molecule has 0 bridgehead atoms. The molecule has 1 fully saturated rings. The lowest BCUT2D eigenvalue weighted by molar-refractivity contribution is 0.143. The number of aliphatic hydroxyl groups excluding tert-OH is 2. The van der Waals surface area contributed by atoms with Crippen LogP contribution in [-0.4, -0.2) is 48.2 Å². The zero-order valence-electron chi connectivity index (χ0n) is 12.5. The second kappa shape index (κ2) is 5.53. The van der Waals surface area contributed by atoms with E-state index in [1.807, 2.05) is 6.20 Å². The highest BCUT2D eigenvalue weighted by molar-refractivity contribution is 8.00. The second-order valence-corrected chi connectivity index (χ2v) is 7.37. The quantitative estimate of drug-likeness (QED) is 0.559. The van der Waals surface area contributed by atoms with Crippen molar-refractivity contribution >= 4 is 35.1 Å². The van der Waals surface area contributed by atoms with E-state index in [2.05, 4.69) is 28.8 Å². The summed E-state index contributed by atoms with van der Waals surface area (Å²) in [6, 6.07) is 0. The SMILES string of the molecule is CC(C)Sc1nc(N)nc2c1ncn2/C=C1/CC1(CO)CO. The lowest BCUT2D eigenvalue weighted by Gasteiger charge is -2.06. The van der Waals surface area contributed by atoms with E-state index in [0.717, 1.165) is 10.6 Å². The third-order valence-corrected chi connectivity index (χ3v) is 4.72. The Morgan fingerprint density at radius 3 is 2.73 bits per heavy atom. The molecule has 2 aromatic heterocycles. The third kappa shape index (κ3) is 2.57. The van der Waals surface area contributed by atoms with Gasteiger partial charge in [0, 0.05) is 16.9 Å². The molecule has 1 aliphatic carbocycles. The second-order valence-electron chi connectivity index (χ2n) is 5.81. The molecule has 2 heterocycles. The normalized spacial score (nSPS) is 18.5. The third-order valence-electron chi connectivity index (χ3n) is 3.74. The monoisotopic (exact) mass is 321 g/mol. The molecule has 0 aromatic carbocycles.